The van der Waals surface area contributed by atoms with Crippen LogP contribution in [0.4, 0.5) is 6.01 Å². The molecule has 0 aliphatic heterocycles. The molecule has 0 spiro atoms. The molecule has 0 saturated carbocycles. The summed E-state index contributed by atoms with van der Waals surface area (Å²) in [6.45, 7) is 5.54. The Morgan fingerprint density at radius 3 is 2.62 bits per heavy atom. The minimum atomic E-state index is -0.233. The first-order chi connectivity index (χ1) is 7.76. The zero-order valence-electron chi connectivity index (χ0n) is 9.43. The molecule has 0 aliphatic carbocycles. The van der Waals surface area contributed by atoms with Gasteiger partial charge in [-0.3, -0.25) is 4.79 Å². The van der Waals surface area contributed by atoms with Gasteiger partial charge in [0.15, 0.2) is 0 Å². The Kier molecular flexibility index (Phi) is 2.90. The molecule has 2 aromatic rings. The Labute approximate surface area is 93.5 Å². The van der Waals surface area contributed by atoms with Crippen LogP contribution in [0.3, 0.4) is 0 Å². The highest BCUT2D eigenvalue weighted by molar-refractivity contribution is 5.75. The third-order valence-corrected chi connectivity index (χ3v) is 2.55. The molecule has 0 radical (unpaired) electrons. The molecule has 0 N–H and O–H groups in total. The summed E-state index contributed by atoms with van der Waals surface area (Å²) in [5.41, 5.74) is 0.355. The third-order valence-electron chi connectivity index (χ3n) is 2.55. The Hall–Kier alpha value is -1.84. The number of rotatable bonds is 3. The second-order valence-electron chi connectivity index (χ2n) is 3.47. The van der Waals surface area contributed by atoms with Crippen molar-refractivity contribution in [2.24, 2.45) is 0 Å². The van der Waals surface area contributed by atoms with E-state index in [1.807, 2.05) is 24.8 Å². The van der Waals surface area contributed by atoms with Crippen LogP contribution in [-0.4, -0.2) is 18.1 Å². The van der Waals surface area contributed by atoms with E-state index in [4.69, 9.17) is 4.42 Å². The normalized spacial score (nSPS) is 10.6. The van der Waals surface area contributed by atoms with Gasteiger partial charge >= 0.3 is 6.01 Å². The van der Waals surface area contributed by atoms with E-state index in [0.29, 0.717) is 17.0 Å². The summed E-state index contributed by atoms with van der Waals surface area (Å²) in [6.07, 6.45) is 0. The number of hydrogen-bond donors (Lipinski definition) is 0. The van der Waals surface area contributed by atoms with Gasteiger partial charge in [0.05, 0.1) is 5.39 Å². The Balaban J connectivity index is 2.62. The summed E-state index contributed by atoms with van der Waals surface area (Å²) in [4.78, 5) is 17.6. The minimum absolute atomic E-state index is 0.233. The molecule has 0 amide bonds. The van der Waals surface area contributed by atoms with Crippen molar-refractivity contribution in [2.75, 3.05) is 18.0 Å². The van der Waals surface area contributed by atoms with Crippen LogP contribution in [0, 0.1) is 0 Å². The fourth-order valence-corrected chi connectivity index (χ4v) is 1.63. The summed E-state index contributed by atoms with van der Waals surface area (Å²) >= 11 is 0. The molecule has 1 aromatic heterocycles. The van der Waals surface area contributed by atoms with Crippen LogP contribution >= 0.6 is 0 Å². The van der Waals surface area contributed by atoms with Crippen LogP contribution in [-0.2, 0) is 0 Å². The topological polar surface area (TPSA) is 46.3 Å². The van der Waals surface area contributed by atoms with Crippen molar-refractivity contribution in [1.82, 2.24) is 4.98 Å². The Morgan fingerprint density at radius 2 is 1.94 bits per heavy atom. The summed E-state index contributed by atoms with van der Waals surface area (Å²) in [6, 6.07) is 7.55. The standard InChI is InChI=1S/C12H14N2O2/c1-3-14(4-2)12-13-11(15)9-7-5-6-8-10(9)16-12/h5-8H,3-4H2,1-2H3. The summed E-state index contributed by atoms with van der Waals surface area (Å²) in [5.74, 6) is 0. The van der Waals surface area contributed by atoms with Crippen molar-refractivity contribution in [2.45, 2.75) is 13.8 Å². The molecular formula is C12H14N2O2. The van der Waals surface area contributed by atoms with Gasteiger partial charge in [0.1, 0.15) is 5.58 Å². The number of aromatic nitrogens is 1. The quantitative estimate of drug-likeness (QED) is 0.790. The predicted octanol–water partition coefficient (Wildman–Crippen LogP) is 2.03. The molecule has 16 heavy (non-hydrogen) atoms. The molecular weight excluding hydrogens is 204 g/mol. The second-order valence-corrected chi connectivity index (χ2v) is 3.47. The molecule has 2 rings (SSSR count). The molecule has 0 aliphatic rings. The number of para-hydroxylation sites is 1. The molecule has 0 atom stereocenters. The van der Waals surface area contributed by atoms with Gasteiger partial charge in [0.25, 0.3) is 5.56 Å². The van der Waals surface area contributed by atoms with Gasteiger partial charge in [-0.15, -0.1) is 0 Å². The van der Waals surface area contributed by atoms with Crippen molar-refractivity contribution in [1.29, 1.82) is 0 Å². The molecule has 1 heterocycles. The molecule has 1 aromatic carbocycles. The van der Waals surface area contributed by atoms with E-state index in [9.17, 15) is 4.79 Å². The van der Waals surface area contributed by atoms with Crippen LogP contribution in [0.25, 0.3) is 11.0 Å². The van der Waals surface area contributed by atoms with E-state index >= 15 is 0 Å². The number of nitrogens with zero attached hydrogens (tertiary/aromatic N) is 2. The fourth-order valence-electron chi connectivity index (χ4n) is 1.63. The maximum atomic E-state index is 11.7. The lowest BCUT2D eigenvalue weighted by molar-refractivity contribution is 0.553. The van der Waals surface area contributed by atoms with Crippen molar-refractivity contribution >= 4 is 17.0 Å². The van der Waals surface area contributed by atoms with Crippen molar-refractivity contribution in [3.8, 4) is 0 Å². The third kappa shape index (κ3) is 1.78. The lowest BCUT2D eigenvalue weighted by Gasteiger charge is -2.17. The molecule has 84 valence electrons. The first-order valence-corrected chi connectivity index (χ1v) is 5.41. The summed E-state index contributed by atoms with van der Waals surface area (Å²) in [7, 11) is 0. The number of fused-ring (bicyclic) bond motifs is 1. The van der Waals surface area contributed by atoms with Gasteiger partial charge in [0, 0.05) is 13.1 Å². The Bertz CT molecular complexity index is 544. The van der Waals surface area contributed by atoms with E-state index in [0.717, 1.165) is 13.1 Å². The number of hydrogen-bond acceptors (Lipinski definition) is 4. The Morgan fingerprint density at radius 1 is 1.25 bits per heavy atom. The van der Waals surface area contributed by atoms with Crippen molar-refractivity contribution < 1.29 is 4.42 Å². The maximum absolute atomic E-state index is 11.7. The van der Waals surface area contributed by atoms with Crippen LogP contribution in [0.15, 0.2) is 33.5 Å². The average molecular weight is 218 g/mol. The van der Waals surface area contributed by atoms with E-state index in [1.54, 1.807) is 18.2 Å². The van der Waals surface area contributed by atoms with Gasteiger partial charge in [-0.25, -0.2) is 0 Å². The van der Waals surface area contributed by atoms with Crippen LogP contribution < -0.4 is 10.5 Å². The van der Waals surface area contributed by atoms with E-state index in [-0.39, 0.29) is 5.56 Å². The summed E-state index contributed by atoms with van der Waals surface area (Å²) in [5, 5.41) is 0.526. The zero-order chi connectivity index (χ0) is 11.5. The highest BCUT2D eigenvalue weighted by atomic mass is 16.4. The summed E-state index contributed by atoms with van der Waals surface area (Å²) < 4.78 is 5.60. The van der Waals surface area contributed by atoms with Crippen LogP contribution in [0.1, 0.15) is 13.8 Å². The van der Waals surface area contributed by atoms with E-state index in [2.05, 4.69) is 4.98 Å². The van der Waals surface area contributed by atoms with Gasteiger partial charge in [-0.2, -0.15) is 4.98 Å². The van der Waals surface area contributed by atoms with Gasteiger partial charge in [-0.1, -0.05) is 12.1 Å². The molecule has 0 fully saturated rings. The molecule has 0 unspecified atom stereocenters. The SMILES string of the molecule is CCN(CC)c1nc(=O)c2ccccc2o1. The highest BCUT2D eigenvalue weighted by Crippen LogP contribution is 2.15. The zero-order valence-corrected chi connectivity index (χ0v) is 9.43. The lowest BCUT2D eigenvalue weighted by Crippen LogP contribution is -2.25. The first-order valence-electron chi connectivity index (χ1n) is 5.41. The van der Waals surface area contributed by atoms with Crippen LogP contribution in [0.2, 0.25) is 0 Å². The molecule has 4 heteroatoms. The van der Waals surface area contributed by atoms with E-state index in [1.165, 1.54) is 0 Å². The average Bonchev–Trinajstić information content (AvgIpc) is 2.31. The number of anilines is 1. The van der Waals surface area contributed by atoms with E-state index < -0.39 is 0 Å². The van der Waals surface area contributed by atoms with Crippen molar-refractivity contribution in [3.63, 3.8) is 0 Å². The van der Waals surface area contributed by atoms with Gasteiger partial charge < -0.3 is 9.32 Å². The molecule has 0 saturated heterocycles. The maximum Gasteiger partial charge on any atom is 0.301 e. The predicted molar refractivity (Wildman–Crippen MR) is 63.8 cm³/mol. The molecule has 0 bridgehead atoms. The smallest absolute Gasteiger partial charge is 0.301 e. The highest BCUT2D eigenvalue weighted by Gasteiger charge is 2.10. The lowest BCUT2D eigenvalue weighted by atomic mass is 10.2. The van der Waals surface area contributed by atoms with Crippen molar-refractivity contribution in [3.05, 3.63) is 34.6 Å². The molecule has 4 nitrogen and oxygen atoms in total. The van der Waals surface area contributed by atoms with Gasteiger partial charge in [0.2, 0.25) is 0 Å². The second kappa shape index (κ2) is 4.35. The van der Waals surface area contributed by atoms with Gasteiger partial charge in [-0.05, 0) is 26.0 Å². The van der Waals surface area contributed by atoms with Crippen LogP contribution in [0.5, 0.6) is 0 Å². The monoisotopic (exact) mass is 218 g/mol. The largest absolute Gasteiger partial charge is 0.425 e. The minimum Gasteiger partial charge on any atom is -0.425 e. The number of benzene rings is 1. The fraction of sp³-hybridized carbons (Fsp3) is 0.333. The first kappa shape index (κ1) is 10.7.